The molecule has 4 heterocycles. The molecule has 11 heteroatoms. The van der Waals surface area contributed by atoms with Crippen LogP contribution < -0.4 is 19.7 Å². The first-order chi connectivity index (χ1) is 31.4. The second-order valence-electron chi connectivity index (χ2n) is 18.8. The van der Waals surface area contributed by atoms with Gasteiger partial charge in [0, 0.05) is 41.8 Å². The summed E-state index contributed by atoms with van der Waals surface area (Å²) in [5.74, 6) is 0.0811. The number of benzene rings is 5. The maximum absolute atomic E-state index is 15.7. The summed E-state index contributed by atoms with van der Waals surface area (Å²) in [6.45, 7) is 14.2. The van der Waals surface area contributed by atoms with Gasteiger partial charge in [-0.05, 0) is 99.0 Å². The number of aliphatic hydroxyl groups is 1. The van der Waals surface area contributed by atoms with E-state index in [0.717, 1.165) is 51.9 Å². The predicted octanol–water partition coefficient (Wildman–Crippen LogP) is 10.2. The van der Waals surface area contributed by atoms with Crippen molar-refractivity contribution in [1.82, 2.24) is 15.0 Å². The van der Waals surface area contributed by atoms with Crippen molar-refractivity contribution < 1.29 is 24.2 Å². The molecular formula is C54H59N5O5Si. The summed E-state index contributed by atoms with van der Waals surface area (Å²) >= 11 is 0. The third-order valence-electron chi connectivity index (χ3n) is 14.3. The summed E-state index contributed by atoms with van der Waals surface area (Å²) < 4.78 is 15.0. The number of hydrogen-bond acceptors (Lipinski definition) is 7. The number of carbonyl (C=O) groups excluding carboxylic acids is 2. The van der Waals surface area contributed by atoms with Gasteiger partial charge in [0.15, 0.2) is 5.60 Å². The number of nitrogens with zero attached hydrogens (tertiary/aromatic N) is 5. The van der Waals surface area contributed by atoms with Crippen LogP contribution in [0.3, 0.4) is 0 Å². The molecule has 1 aromatic heterocycles. The van der Waals surface area contributed by atoms with Gasteiger partial charge >= 0.3 is 0 Å². The van der Waals surface area contributed by atoms with Crippen molar-refractivity contribution in [3.05, 3.63) is 161 Å². The van der Waals surface area contributed by atoms with Gasteiger partial charge < -0.3 is 19.5 Å². The van der Waals surface area contributed by atoms with Crippen LogP contribution in [-0.2, 0) is 21.7 Å². The van der Waals surface area contributed by atoms with Crippen LogP contribution in [0.4, 0.5) is 17.1 Å². The lowest BCUT2D eigenvalue weighted by molar-refractivity contribution is -0.145. The molecule has 1 spiro atoms. The molecule has 3 aliphatic heterocycles. The van der Waals surface area contributed by atoms with Crippen LogP contribution in [0.15, 0.2) is 139 Å². The fourth-order valence-electron chi connectivity index (χ4n) is 10.9. The smallest absolute Gasteiger partial charge is 0.264 e. The summed E-state index contributed by atoms with van der Waals surface area (Å²) in [7, 11) is -0.792. The maximum Gasteiger partial charge on any atom is 0.264 e. The van der Waals surface area contributed by atoms with E-state index in [2.05, 4.69) is 81.5 Å². The lowest BCUT2D eigenvalue weighted by Crippen LogP contribution is -2.52. The molecular weight excluding hydrogens is 827 g/mol. The molecule has 0 saturated carbocycles. The number of anilines is 3. The van der Waals surface area contributed by atoms with Crippen molar-refractivity contribution in [3.8, 4) is 5.75 Å². The van der Waals surface area contributed by atoms with Gasteiger partial charge in [-0.1, -0.05) is 120 Å². The molecule has 5 atom stereocenters. The highest BCUT2D eigenvalue weighted by atomic mass is 28.3. The number of methoxy groups -OCH3 is 1. The van der Waals surface area contributed by atoms with Crippen molar-refractivity contribution in [2.24, 2.45) is 5.92 Å². The van der Waals surface area contributed by atoms with Crippen LogP contribution >= 0.6 is 0 Å². The fraction of sp³-hybridized carbons (Fsp3) is 0.333. The van der Waals surface area contributed by atoms with E-state index in [1.54, 1.807) is 12.0 Å². The molecule has 0 radical (unpaired) electrons. The van der Waals surface area contributed by atoms with Gasteiger partial charge in [0.25, 0.3) is 11.8 Å². The Balaban J connectivity index is 1.13. The molecule has 65 heavy (non-hydrogen) atoms. The van der Waals surface area contributed by atoms with E-state index in [0.29, 0.717) is 36.5 Å². The zero-order valence-corrected chi connectivity index (χ0v) is 39.5. The summed E-state index contributed by atoms with van der Waals surface area (Å²) in [5, 5.41) is 22.7. The summed E-state index contributed by atoms with van der Waals surface area (Å²) in [5.41, 5.74) is 6.64. The number of aliphatic hydroxyl groups excluding tert-OH is 1. The van der Waals surface area contributed by atoms with Crippen LogP contribution in [0.5, 0.6) is 5.75 Å². The van der Waals surface area contributed by atoms with Gasteiger partial charge in [-0.2, -0.15) is 0 Å². The van der Waals surface area contributed by atoms with Crippen LogP contribution in [0, 0.1) is 5.92 Å². The van der Waals surface area contributed by atoms with Crippen LogP contribution in [-0.4, -0.2) is 66.4 Å². The minimum absolute atomic E-state index is 0.0124. The average Bonchev–Trinajstić information content (AvgIpc) is 4.04. The fourth-order valence-corrected chi connectivity index (χ4v) is 15.0. The lowest BCUT2D eigenvalue weighted by Gasteiger charge is -2.37. The molecule has 0 bridgehead atoms. The Kier molecular flexibility index (Phi) is 12.0. The zero-order chi connectivity index (χ0) is 45.6. The summed E-state index contributed by atoms with van der Waals surface area (Å²) in [4.78, 5) is 33.8. The number of carbonyl (C=O) groups is 2. The van der Waals surface area contributed by atoms with Gasteiger partial charge in [0.1, 0.15) is 5.75 Å². The molecule has 3 aliphatic rings. The molecule has 1 N–H and O–H groups in total. The Labute approximate surface area is 383 Å². The van der Waals surface area contributed by atoms with E-state index < -0.39 is 13.7 Å². The Morgan fingerprint density at radius 1 is 0.923 bits per heavy atom. The van der Waals surface area contributed by atoms with E-state index in [-0.39, 0.29) is 41.9 Å². The van der Waals surface area contributed by atoms with E-state index in [1.165, 1.54) is 16.3 Å². The second-order valence-corrected chi connectivity index (χ2v) is 23.5. The molecule has 5 aromatic carbocycles. The van der Waals surface area contributed by atoms with Gasteiger partial charge in [-0.25, -0.2) is 0 Å². The molecule has 1 fully saturated rings. The normalized spacial score (nSPS) is 20.9. The van der Waals surface area contributed by atoms with Crippen LogP contribution in [0.2, 0.25) is 18.6 Å². The quantitative estimate of drug-likeness (QED) is 0.0808. The van der Waals surface area contributed by atoms with Gasteiger partial charge in [0.2, 0.25) is 0 Å². The number of aryl methyl sites for hydroxylation is 1. The molecule has 1 unspecified atom stereocenters. The number of amides is 2. The second kappa shape index (κ2) is 17.7. The number of fused-ring (bicyclic) bond motifs is 2. The minimum Gasteiger partial charge on any atom is -0.497 e. The number of allylic oxidation sites excluding steroid dienone is 3. The van der Waals surface area contributed by atoms with Gasteiger partial charge in [-0.15, -0.1) is 5.10 Å². The zero-order valence-electron chi connectivity index (χ0n) is 38.5. The first kappa shape index (κ1) is 44.1. The third-order valence-corrected chi connectivity index (χ3v) is 18.6. The van der Waals surface area contributed by atoms with E-state index in [4.69, 9.17) is 9.47 Å². The molecule has 6 aromatic rings. The number of aromatic nitrogens is 3. The standard InChI is InChI=1S/C54H59N5O5Si/c1-35(2)14-11-15-36(3)28-31-58-47-27-22-40(59-48-21-13-19-39-18-12-20-43(50(39)48)52(59)61)32-45(47)54(53(58)62)37(4)51(65(6,7)42-25-23-41(63-5)24-26-42)49(64-54)29-30-57-33-46(55-56-57)44(34-60)38-16-9-8-10-17-38/h8-10,12-14,16-28,32-33,37,44,49,51,60H,11,15,29-31,34H2,1-7H3/b36-28+/t37-,44?,49+,51-,54+/m0/s1. The van der Waals surface area contributed by atoms with Crippen molar-refractivity contribution in [2.75, 3.05) is 30.1 Å². The number of rotatable bonds is 15. The van der Waals surface area contributed by atoms with Crippen molar-refractivity contribution >= 4 is 52.9 Å². The van der Waals surface area contributed by atoms with Gasteiger partial charge in [-0.3, -0.25) is 19.2 Å². The molecule has 2 amide bonds. The van der Waals surface area contributed by atoms with Crippen molar-refractivity contribution in [1.29, 1.82) is 0 Å². The SMILES string of the molecule is COc1ccc([Si](C)(C)[C@@H]2[C@@H](CCn3cc(C(CO)c4ccccc4)nn3)O[C@]3(C(=O)N(C/C=C(\C)CCC=C(C)C)c4ccc(N5C(=O)c6cccc7cccc5c67)cc43)[C@H]2C)cc1. The van der Waals surface area contributed by atoms with E-state index in [9.17, 15) is 9.90 Å². The van der Waals surface area contributed by atoms with Crippen molar-refractivity contribution in [3.63, 3.8) is 0 Å². The summed E-state index contributed by atoms with van der Waals surface area (Å²) in [6, 6.07) is 36.2. The molecule has 0 aliphatic carbocycles. The molecule has 9 rings (SSSR count). The topological polar surface area (TPSA) is 110 Å². The number of ether oxygens (including phenoxy) is 2. The van der Waals surface area contributed by atoms with Crippen LogP contribution in [0.1, 0.15) is 80.1 Å². The minimum atomic E-state index is -2.47. The molecule has 10 nitrogen and oxygen atoms in total. The van der Waals surface area contributed by atoms with Gasteiger partial charge in [0.05, 0.1) is 56.4 Å². The largest absolute Gasteiger partial charge is 0.497 e. The van der Waals surface area contributed by atoms with Crippen LogP contribution in [0.25, 0.3) is 10.8 Å². The highest BCUT2D eigenvalue weighted by Crippen LogP contribution is 2.61. The predicted molar refractivity (Wildman–Crippen MR) is 261 cm³/mol. The Bertz CT molecular complexity index is 2810. The molecule has 334 valence electrons. The third kappa shape index (κ3) is 7.73. The van der Waals surface area contributed by atoms with Crippen molar-refractivity contribution in [2.45, 2.75) is 89.8 Å². The Hall–Kier alpha value is -6.14. The number of hydrogen-bond donors (Lipinski definition) is 1. The monoisotopic (exact) mass is 885 g/mol. The Morgan fingerprint density at radius 2 is 1.68 bits per heavy atom. The average molecular weight is 886 g/mol. The Morgan fingerprint density at radius 3 is 2.40 bits per heavy atom. The highest BCUT2D eigenvalue weighted by molar-refractivity contribution is 6.91. The maximum atomic E-state index is 15.7. The van der Waals surface area contributed by atoms with E-state index >= 15 is 4.79 Å². The first-order valence-corrected chi connectivity index (χ1v) is 25.9. The first-order valence-electron chi connectivity index (χ1n) is 22.9. The summed E-state index contributed by atoms with van der Waals surface area (Å²) in [6.07, 6.45) is 8.44. The highest BCUT2D eigenvalue weighted by Gasteiger charge is 2.66. The van der Waals surface area contributed by atoms with E-state index in [1.807, 2.05) is 107 Å². The molecule has 1 saturated heterocycles. The lowest BCUT2D eigenvalue weighted by atomic mass is 9.82.